The summed E-state index contributed by atoms with van der Waals surface area (Å²) in [5.41, 5.74) is 1.02. The molecule has 19 heavy (non-hydrogen) atoms. The number of carbonyl (C=O) groups excluding carboxylic acids is 3. The number of amides is 4. The highest BCUT2D eigenvalue weighted by atomic mass is 16.2. The first-order valence-electron chi connectivity index (χ1n) is 6.02. The molecule has 1 N–H and O–H groups in total. The van der Waals surface area contributed by atoms with E-state index in [1.54, 1.807) is 6.07 Å². The van der Waals surface area contributed by atoms with Gasteiger partial charge in [-0.1, -0.05) is 12.1 Å². The molecule has 0 radical (unpaired) electrons. The zero-order chi connectivity index (χ0) is 14.4. The smallest absolute Gasteiger partial charge is 0.276 e. The van der Waals surface area contributed by atoms with Crippen molar-refractivity contribution >= 4 is 23.5 Å². The molecule has 100 valence electrons. The van der Waals surface area contributed by atoms with Gasteiger partial charge in [0, 0.05) is 0 Å². The zero-order valence-corrected chi connectivity index (χ0v) is 11.4. The molecular formula is C14H16N2O3. The molecule has 0 aliphatic carbocycles. The number of nitrogens with one attached hydrogen (secondary N) is 1. The second-order valence-corrected chi connectivity index (χ2v) is 5.31. The first-order valence-corrected chi connectivity index (χ1v) is 6.02. The number of hydrogen-bond acceptors (Lipinski definition) is 3. The molecule has 5 nitrogen and oxygen atoms in total. The summed E-state index contributed by atoms with van der Waals surface area (Å²) in [6.07, 6.45) is 0. The number of anilines is 1. The second kappa shape index (κ2) is 4.19. The van der Waals surface area contributed by atoms with Crippen molar-refractivity contribution < 1.29 is 14.4 Å². The first kappa shape index (κ1) is 13.3. The van der Waals surface area contributed by atoms with Gasteiger partial charge in [-0.15, -0.1) is 0 Å². The van der Waals surface area contributed by atoms with Crippen molar-refractivity contribution in [3.05, 3.63) is 29.3 Å². The molecule has 0 aromatic heterocycles. The lowest BCUT2D eigenvalue weighted by Crippen LogP contribution is -2.62. The molecule has 1 aliphatic rings. The van der Waals surface area contributed by atoms with Crippen LogP contribution in [0.15, 0.2) is 18.2 Å². The minimum atomic E-state index is -1.25. The molecule has 1 aromatic rings. The van der Waals surface area contributed by atoms with Crippen molar-refractivity contribution in [2.75, 3.05) is 4.90 Å². The van der Waals surface area contributed by atoms with Crippen LogP contribution in [0.4, 0.5) is 10.5 Å². The SMILES string of the molecule is Cc1ccc(C)c(N2C(=O)NC(=O)C(C)(C)C2=O)c1. The number of barbiturate groups is 1. The van der Waals surface area contributed by atoms with Gasteiger partial charge in [0.1, 0.15) is 5.41 Å². The Kier molecular flexibility index (Phi) is 2.92. The lowest BCUT2D eigenvalue weighted by atomic mass is 9.88. The summed E-state index contributed by atoms with van der Waals surface area (Å²) >= 11 is 0. The summed E-state index contributed by atoms with van der Waals surface area (Å²) in [6, 6.07) is 4.82. The van der Waals surface area contributed by atoms with E-state index in [4.69, 9.17) is 0 Å². The quantitative estimate of drug-likeness (QED) is 0.784. The molecule has 0 unspecified atom stereocenters. The number of carbonyl (C=O) groups is 3. The van der Waals surface area contributed by atoms with E-state index in [1.165, 1.54) is 13.8 Å². The Morgan fingerprint density at radius 1 is 1.11 bits per heavy atom. The Morgan fingerprint density at radius 3 is 2.37 bits per heavy atom. The van der Waals surface area contributed by atoms with Gasteiger partial charge in [0.25, 0.3) is 0 Å². The predicted molar refractivity (Wildman–Crippen MR) is 70.7 cm³/mol. The van der Waals surface area contributed by atoms with Crippen molar-refractivity contribution in [2.45, 2.75) is 27.7 Å². The van der Waals surface area contributed by atoms with Gasteiger partial charge in [-0.3, -0.25) is 14.9 Å². The van der Waals surface area contributed by atoms with Gasteiger partial charge in [-0.05, 0) is 44.9 Å². The minimum Gasteiger partial charge on any atom is -0.276 e. The molecule has 1 fully saturated rings. The fourth-order valence-electron chi connectivity index (χ4n) is 1.96. The highest BCUT2D eigenvalue weighted by molar-refractivity contribution is 6.29. The summed E-state index contributed by atoms with van der Waals surface area (Å²) in [4.78, 5) is 37.0. The van der Waals surface area contributed by atoms with Crippen LogP contribution in [0, 0.1) is 19.3 Å². The fraction of sp³-hybridized carbons (Fsp3) is 0.357. The highest BCUT2D eigenvalue weighted by Gasteiger charge is 2.47. The van der Waals surface area contributed by atoms with Crippen molar-refractivity contribution in [3.8, 4) is 0 Å². The summed E-state index contributed by atoms with van der Waals surface area (Å²) in [6.45, 7) is 6.72. The topological polar surface area (TPSA) is 66.5 Å². The number of benzene rings is 1. The monoisotopic (exact) mass is 260 g/mol. The van der Waals surface area contributed by atoms with Crippen LogP contribution in [0.3, 0.4) is 0 Å². The number of aryl methyl sites for hydroxylation is 2. The maximum absolute atomic E-state index is 12.4. The lowest BCUT2D eigenvalue weighted by Gasteiger charge is -2.35. The maximum Gasteiger partial charge on any atom is 0.335 e. The van der Waals surface area contributed by atoms with Crippen LogP contribution in [0.1, 0.15) is 25.0 Å². The van der Waals surface area contributed by atoms with E-state index in [2.05, 4.69) is 5.32 Å². The third-order valence-electron chi connectivity index (χ3n) is 3.33. The Morgan fingerprint density at radius 2 is 1.74 bits per heavy atom. The molecule has 0 spiro atoms. The number of nitrogens with zero attached hydrogens (tertiary/aromatic N) is 1. The molecule has 5 heteroatoms. The number of hydrogen-bond donors (Lipinski definition) is 1. The third kappa shape index (κ3) is 2.01. The molecule has 1 saturated heterocycles. The molecular weight excluding hydrogens is 244 g/mol. The molecule has 0 saturated carbocycles. The Balaban J connectivity index is 2.55. The van der Waals surface area contributed by atoms with E-state index in [9.17, 15) is 14.4 Å². The number of rotatable bonds is 1. The zero-order valence-electron chi connectivity index (χ0n) is 11.4. The van der Waals surface area contributed by atoms with Gasteiger partial charge in [-0.2, -0.15) is 0 Å². The fourth-order valence-corrected chi connectivity index (χ4v) is 1.96. The van der Waals surface area contributed by atoms with Crippen LogP contribution in [0.2, 0.25) is 0 Å². The summed E-state index contributed by atoms with van der Waals surface area (Å²) in [7, 11) is 0. The average molecular weight is 260 g/mol. The van der Waals surface area contributed by atoms with E-state index in [-0.39, 0.29) is 0 Å². The van der Waals surface area contributed by atoms with Crippen molar-refractivity contribution in [3.63, 3.8) is 0 Å². The van der Waals surface area contributed by atoms with Gasteiger partial charge in [0.05, 0.1) is 5.69 Å². The van der Waals surface area contributed by atoms with Gasteiger partial charge in [0.2, 0.25) is 11.8 Å². The molecule has 0 bridgehead atoms. The van der Waals surface area contributed by atoms with E-state index >= 15 is 0 Å². The molecule has 1 aromatic carbocycles. The molecule has 1 aliphatic heterocycles. The van der Waals surface area contributed by atoms with Gasteiger partial charge in [0.15, 0.2) is 0 Å². The summed E-state index contributed by atoms with van der Waals surface area (Å²) in [5.74, 6) is -1.07. The summed E-state index contributed by atoms with van der Waals surface area (Å²) < 4.78 is 0. The van der Waals surface area contributed by atoms with Crippen LogP contribution in [0.25, 0.3) is 0 Å². The standard InChI is InChI=1S/C14H16N2O3/c1-8-5-6-9(2)10(7-8)16-12(18)14(3,4)11(17)15-13(16)19/h5-7H,1-4H3,(H,15,17,19). The Hall–Kier alpha value is -2.17. The van der Waals surface area contributed by atoms with Gasteiger partial charge >= 0.3 is 6.03 Å². The lowest BCUT2D eigenvalue weighted by molar-refractivity contribution is -0.140. The average Bonchev–Trinajstić information content (AvgIpc) is 2.32. The normalized spacial score (nSPS) is 18.5. The van der Waals surface area contributed by atoms with E-state index in [1.807, 2.05) is 26.0 Å². The Bertz CT molecular complexity index is 590. The van der Waals surface area contributed by atoms with Crippen LogP contribution in [-0.4, -0.2) is 17.8 Å². The maximum atomic E-state index is 12.4. The van der Waals surface area contributed by atoms with Crippen LogP contribution < -0.4 is 10.2 Å². The van der Waals surface area contributed by atoms with Gasteiger partial charge < -0.3 is 0 Å². The third-order valence-corrected chi connectivity index (χ3v) is 3.33. The van der Waals surface area contributed by atoms with Crippen molar-refractivity contribution in [1.82, 2.24) is 5.32 Å². The van der Waals surface area contributed by atoms with Crippen LogP contribution in [-0.2, 0) is 9.59 Å². The van der Waals surface area contributed by atoms with Crippen LogP contribution >= 0.6 is 0 Å². The predicted octanol–water partition coefficient (Wildman–Crippen LogP) is 1.91. The molecule has 1 heterocycles. The summed E-state index contributed by atoms with van der Waals surface area (Å²) in [5, 5.41) is 2.22. The second-order valence-electron chi connectivity index (χ2n) is 5.31. The van der Waals surface area contributed by atoms with Crippen LogP contribution in [0.5, 0.6) is 0 Å². The molecule has 2 rings (SSSR count). The van der Waals surface area contributed by atoms with Crippen molar-refractivity contribution in [1.29, 1.82) is 0 Å². The molecule has 4 amide bonds. The van der Waals surface area contributed by atoms with Gasteiger partial charge in [-0.25, -0.2) is 9.69 Å². The minimum absolute atomic E-state index is 0.505. The van der Waals surface area contributed by atoms with E-state index in [0.29, 0.717) is 5.69 Å². The number of urea groups is 1. The number of imide groups is 2. The van der Waals surface area contributed by atoms with E-state index < -0.39 is 23.3 Å². The largest absolute Gasteiger partial charge is 0.335 e. The first-order chi connectivity index (χ1) is 8.75. The van der Waals surface area contributed by atoms with Crippen molar-refractivity contribution in [2.24, 2.45) is 5.41 Å². The van der Waals surface area contributed by atoms with E-state index in [0.717, 1.165) is 16.0 Å². The molecule has 0 atom stereocenters. The highest BCUT2D eigenvalue weighted by Crippen LogP contribution is 2.30. The Labute approximate surface area is 111 Å².